The van der Waals surface area contributed by atoms with E-state index in [0.717, 1.165) is 0 Å². The van der Waals surface area contributed by atoms with E-state index in [1.165, 1.54) is 14.2 Å². The van der Waals surface area contributed by atoms with Gasteiger partial charge >= 0.3 is 0 Å². The van der Waals surface area contributed by atoms with Gasteiger partial charge in [0.15, 0.2) is 5.78 Å². The molecule has 19 heavy (non-hydrogen) atoms. The van der Waals surface area contributed by atoms with Crippen molar-refractivity contribution in [1.82, 2.24) is 4.98 Å². The van der Waals surface area contributed by atoms with E-state index in [-0.39, 0.29) is 11.7 Å². The Kier molecular flexibility index (Phi) is 4.02. The first kappa shape index (κ1) is 13.4. The fourth-order valence-electron chi connectivity index (χ4n) is 1.66. The van der Waals surface area contributed by atoms with Crippen molar-refractivity contribution in [3.8, 4) is 11.8 Å². The summed E-state index contributed by atoms with van der Waals surface area (Å²) in [6.07, 6.45) is 0. The topological polar surface area (TPSA) is 48.4 Å². The summed E-state index contributed by atoms with van der Waals surface area (Å²) in [7, 11) is 2.95. The van der Waals surface area contributed by atoms with Gasteiger partial charge in [-0.3, -0.25) is 4.79 Å². The third-order valence-electron chi connectivity index (χ3n) is 2.60. The minimum Gasteiger partial charge on any atom is -0.481 e. The van der Waals surface area contributed by atoms with Gasteiger partial charge in [-0.25, -0.2) is 0 Å². The summed E-state index contributed by atoms with van der Waals surface area (Å²) in [5.41, 5.74) is 0.755. The van der Waals surface area contributed by atoms with Crippen LogP contribution in [0.2, 0.25) is 5.02 Å². The molecule has 0 spiro atoms. The summed E-state index contributed by atoms with van der Waals surface area (Å²) in [6, 6.07) is 10.1. The maximum absolute atomic E-state index is 12.4. The molecular formula is C14H12ClNO3. The van der Waals surface area contributed by atoms with E-state index in [0.29, 0.717) is 22.0 Å². The molecule has 0 aliphatic heterocycles. The molecule has 98 valence electrons. The van der Waals surface area contributed by atoms with Crippen molar-refractivity contribution in [3.63, 3.8) is 0 Å². The minimum atomic E-state index is -0.238. The number of methoxy groups -OCH3 is 2. The van der Waals surface area contributed by atoms with Gasteiger partial charge in [0.2, 0.25) is 11.8 Å². The number of carbonyl (C=O) groups is 1. The zero-order chi connectivity index (χ0) is 13.8. The zero-order valence-corrected chi connectivity index (χ0v) is 11.3. The second-order valence-electron chi connectivity index (χ2n) is 3.72. The average molecular weight is 278 g/mol. The molecule has 4 nitrogen and oxygen atoms in total. The molecule has 0 saturated carbocycles. The molecule has 1 aromatic heterocycles. The number of ether oxygens (including phenoxy) is 2. The third-order valence-corrected chi connectivity index (χ3v) is 2.93. The lowest BCUT2D eigenvalue weighted by molar-refractivity contribution is 0.103. The Balaban J connectivity index is 2.47. The Morgan fingerprint density at radius 1 is 1.05 bits per heavy atom. The highest BCUT2D eigenvalue weighted by molar-refractivity contribution is 6.35. The van der Waals surface area contributed by atoms with E-state index in [9.17, 15) is 4.79 Å². The van der Waals surface area contributed by atoms with Crippen LogP contribution in [0.1, 0.15) is 15.9 Å². The molecule has 0 radical (unpaired) electrons. The molecular weight excluding hydrogens is 266 g/mol. The first-order chi connectivity index (χ1) is 9.17. The monoisotopic (exact) mass is 277 g/mol. The highest BCUT2D eigenvalue weighted by atomic mass is 35.5. The van der Waals surface area contributed by atoms with Gasteiger partial charge in [-0.05, 0) is 18.2 Å². The number of halogens is 1. The van der Waals surface area contributed by atoms with Gasteiger partial charge in [-0.1, -0.05) is 23.7 Å². The van der Waals surface area contributed by atoms with Crippen LogP contribution in [0.5, 0.6) is 11.8 Å². The molecule has 2 rings (SSSR count). The van der Waals surface area contributed by atoms with Crippen LogP contribution in [0.3, 0.4) is 0 Å². The highest BCUT2D eigenvalue weighted by Gasteiger charge is 2.18. The fourth-order valence-corrected chi connectivity index (χ4v) is 1.88. The summed E-state index contributed by atoms with van der Waals surface area (Å²) < 4.78 is 10.1. The Morgan fingerprint density at radius 3 is 2.42 bits per heavy atom. The summed E-state index contributed by atoms with van der Waals surface area (Å²) in [5.74, 6) is 0.356. The molecule has 0 atom stereocenters. The number of hydrogen-bond acceptors (Lipinski definition) is 4. The quantitative estimate of drug-likeness (QED) is 0.806. The van der Waals surface area contributed by atoms with Crippen molar-refractivity contribution in [2.75, 3.05) is 14.2 Å². The Hall–Kier alpha value is -2.07. The third kappa shape index (κ3) is 2.69. The Labute approximate surface area is 115 Å². The van der Waals surface area contributed by atoms with Crippen LogP contribution in [0.25, 0.3) is 0 Å². The lowest BCUT2D eigenvalue weighted by Crippen LogP contribution is -2.06. The maximum atomic E-state index is 12.4. The van der Waals surface area contributed by atoms with Crippen molar-refractivity contribution in [2.24, 2.45) is 0 Å². The van der Waals surface area contributed by atoms with E-state index in [1.54, 1.807) is 36.4 Å². The second-order valence-corrected chi connectivity index (χ2v) is 4.13. The molecule has 0 N–H and O–H groups in total. The fraction of sp³-hybridized carbons (Fsp3) is 0.143. The van der Waals surface area contributed by atoms with E-state index in [1.807, 2.05) is 0 Å². The van der Waals surface area contributed by atoms with Crippen LogP contribution in [0.4, 0.5) is 0 Å². The van der Waals surface area contributed by atoms with Crippen molar-refractivity contribution in [3.05, 3.63) is 52.5 Å². The number of benzene rings is 1. The molecule has 1 aromatic carbocycles. The van der Waals surface area contributed by atoms with Crippen LogP contribution in [0, 0.1) is 0 Å². The van der Waals surface area contributed by atoms with E-state index >= 15 is 0 Å². The first-order valence-corrected chi connectivity index (χ1v) is 5.93. The molecule has 5 heteroatoms. The van der Waals surface area contributed by atoms with Crippen molar-refractivity contribution >= 4 is 17.4 Å². The number of pyridine rings is 1. The van der Waals surface area contributed by atoms with Gasteiger partial charge < -0.3 is 9.47 Å². The van der Waals surface area contributed by atoms with Crippen molar-refractivity contribution < 1.29 is 14.3 Å². The zero-order valence-electron chi connectivity index (χ0n) is 10.5. The van der Waals surface area contributed by atoms with Crippen LogP contribution < -0.4 is 9.47 Å². The summed E-state index contributed by atoms with van der Waals surface area (Å²) in [4.78, 5) is 16.5. The number of rotatable bonds is 4. The Morgan fingerprint density at radius 2 is 1.79 bits per heavy atom. The lowest BCUT2D eigenvalue weighted by Gasteiger charge is -2.09. The standard InChI is InChI=1S/C14H12ClNO3/c1-18-12-8-7-10(14(16-12)19-2)13(17)9-5-3-4-6-11(9)15/h3-8H,1-2H3. The van der Waals surface area contributed by atoms with Crippen LogP contribution in [-0.2, 0) is 0 Å². The predicted molar refractivity (Wildman–Crippen MR) is 72.2 cm³/mol. The first-order valence-electron chi connectivity index (χ1n) is 5.55. The molecule has 0 aliphatic carbocycles. The molecule has 0 amide bonds. The van der Waals surface area contributed by atoms with Gasteiger partial charge in [-0.2, -0.15) is 4.98 Å². The van der Waals surface area contributed by atoms with Gasteiger partial charge in [-0.15, -0.1) is 0 Å². The normalized spacial score (nSPS) is 10.1. The number of nitrogens with zero attached hydrogens (tertiary/aromatic N) is 1. The number of aromatic nitrogens is 1. The van der Waals surface area contributed by atoms with Crippen LogP contribution >= 0.6 is 11.6 Å². The van der Waals surface area contributed by atoms with Crippen LogP contribution in [0.15, 0.2) is 36.4 Å². The molecule has 0 saturated heterocycles. The van der Waals surface area contributed by atoms with E-state index in [4.69, 9.17) is 21.1 Å². The van der Waals surface area contributed by atoms with Crippen LogP contribution in [-0.4, -0.2) is 25.0 Å². The maximum Gasteiger partial charge on any atom is 0.227 e. The molecule has 1 heterocycles. The van der Waals surface area contributed by atoms with E-state index < -0.39 is 0 Å². The average Bonchev–Trinajstić information content (AvgIpc) is 2.46. The smallest absolute Gasteiger partial charge is 0.227 e. The lowest BCUT2D eigenvalue weighted by atomic mass is 10.0. The molecule has 0 aliphatic rings. The molecule has 0 bridgehead atoms. The summed E-state index contributed by atoms with van der Waals surface area (Å²) in [5, 5.41) is 0.394. The number of ketones is 1. The van der Waals surface area contributed by atoms with Gasteiger partial charge in [0.25, 0.3) is 0 Å². The highest BCUT2D eigenvalue weighted by Crippen LogP contribution is 2.25. The molecule has 2 aromatic rings. The summed E-state index contributed by atoms with van der Waals surface area (Å²) >= 11 is 6.02. The van der Waals surface area contributed by atoms with Gasteiger partial charge in [0, 0.05) is 11.6 Å². The summed E-state index contributed by atoms with van der Waals surface area (Å²) in [6.45, 7) is 0. The van der Waals surface area contributed by atoms with Gasteiger partial charge in [0.05, 0.1) is 24.8 Å². The second kappa shape index (κ2) is 5.71. The van der Waals surface area contributed by atoms with Gasteiger partial charge in [0.1, 0.15) is 0 Å². The number of hydrogen-bond donors (Lipinski definition) is 0. The molecule has 0 unspecified atom stereocenters. The molecule has 0 fully saturated rings. The Bertz CT molecular complexity index is 613. The largest absolute Gasteiger partial charge is 0.481 e. The predicted octanol–water partition coefficient (Wildman–Crippen LogP) is 2.98. The van der Waals surface area contributed by atoms with E-state index in [2.05, 4.69) is 4.98 Å². The SMILES string of the molecule is COc1ccc(C(=O)c2ccccc2Cl)c(OC)n1. The minimum absolute atomic E-state index is 0.212. The van der Waals surface area contributed by atoms with Crippen molar-refractivity contribution in [1.29, 1.82) is 0 Å². The number of carbonyl (C=O) groups excluding carboxylic acids is 1. The van der Waals surface area contributed by atoms with Crippen molar-refractivity contribution in [2.45, 2.75) is 0 Å².